The number of aliphatic hydroxyl groups excluding tert-OH is 1. The Hall–Kier alpha value is -2.77. The minimum Gasteiger partial charge on any atom is -0.494 e. The van der Waals surface area contributed by atoms with Crippen LogP contribution in [0.15, 0.2) is 42.5 Å². The van der Waals surface area contributed by atoms with Crippen molar-refractivity contribution in [2.24, 2.45) is 0 Å². The molecule has 2 amide bonds. The van der Waals surface area contributed by atoms with Crippen molar-refractivity contribution < 1.29 is 24.2 Å². The van der Waals surface area contributed by atoms with Crippen LogP contribution in [0, 0.1) is 0 Å². The summed E-state index contributed by atoms with van der Waals surface area (Å²) < 4.78 is 11.7. The lowest BCUT2D eigenvalue weighted by atomic mass is 10.0. The summed E-state index contributed by atoms with van der Waals surface area (Å²) in [6.07, 6.45) is 0.973. The normalized spacial score (nSPS) is 18.0. The van der Waals surface area contributed by atoms with Crippen LogP contribution in [-0.4, -0.2) is 67.2 Å². The van der Waals surface area contributed by atoms with E-state index in [2.05, 4.69) is 5.32 Å². The Bertz CT molecular complexity index is 950. The maximum atomic E-state index is 13.1. The Kier molecular flexibility index (Phi) is 8.36. The van der Waals surface area contributed by atoms with Crippen LogP contribution >= 0.6 is 11.6 Å². The lowest BCUT2D eigenvalue weighted by Gasteiger charge is -2.24. The van der Waals surface area contributed by atoms with Gasteiger partial charge in [0.25, 0.3) is 11.8 Å². The minimum absolute atomic E-state index is 0.0331. The summed E-state index contributed by atoms with van der Waals surface area (Å²) >= 11 is 5.90. The van der Waals surface area contributed by atoms with Crippen molar-refractivity contribution in [2.75, 3.05) is 33.2 Å². The van der Waals surface area contributed by atoms with E-state index in [9.17, 15) is 14.7 Å². The Morgan fingerprint density at radius 3 is 2.56 bits per heavy atom. The van der Waals surface area contributed by atoms with Crippen molar-refractivity contribution in [3.8, 4) is 11.5 Å². The molecule has 0 aliphatic carbocycles. The number of hydrogen-bond acceptors (Lipinski definition) is 5. The molecule has 2 aromatic carbocycles. The van der Waals surface area contributed by atoms with E-state index in [1.54, 1.807) is 26.2 Å². The van der Waals surface area contributed by atoms with E-state index in [0.717, 1.165) is 24.2 Å². The zero-order valence-electron chi connectivity index (χ0n) is 18.3. The lowest BCUT2D eigenvalue weighted by Crippen LogP contribution is -2.45. The third-order valence-corrected chi connectivity index (χ3v) is 5.51. The molecule has 0 fully saturated rings. The highest BCUT2D eigenvalue weighted by Crippen LogP contribution is 2.21. The van der Waals surface area contributed by atoms with E-state index in [1.807, 2.05) is 24.3 Å². The van der Waals surface area contributed by atoms with Gasteiger partial charge in [0.2, 0.25) is 0 Å². The number of alkyl halides is 1. The zero-order valence-corrected chi connectivity index (χ0v) is 19.1. The van der Waals surface area contributed by atoms with Crippen LogP contribution in [0.5, 0.6) is 11.5 Å². The van der Waals surface area contributed by atoms with E-state index >= 15 is 0 Å². The second kappa shape index (κ2) is 11.2. The molecule has 0 saturated heterocycles. The Morgan fingerprint density at radius 1 is 1.16 bits per heavy atom. The van der Waals surface area contributed by atoms with Crippen molar-refractivity contribution in [3.05, 3.63) is 59.2 Å². The molecule has 32 heavy (non-hydrogen) atoms. The summed E-state index contributed by atoms with van der Waals surface area (Å²) in [4.78, 5) is 27.1. The highest BCUT2D eigenvalue weighted by molar-refractivity contribution is 6.18. The molecule has 7 nitrogen and oxygen atoms in total. The number of carbonyl (C=O) groups excluding carboxylic acids is 2. The Morgan fingerprint density at radius 2 is 1.88 bits per heavy atom. The first-order chi connectivity index (χ1) is 15.4. The van der Waals surface area contributed by atoms with Crippen molar-refractivity contribution in [3.63, 3.8) is 0 Å². The number of ether oxygens (including phenoxy) is 2. The number of nitrogens with zero attached hydrogens (tertiary/aromatic N) is 1. The molecule has 0 unspecified atom stereocenters. The molecule has 0 aromatic heterocycles. The lowest BCUT2D eigenvalue weighted by molar-refractivity contribution is 0.0827. The van der Waals surface area contributed by atoms with Crippen molar-refractivity contribution in [1.29, 1.82) is 0 Å². The zero-order chi connectivity index (χ0) is 23.1. The maximum absolute atomic E-state index is 13.1. The van der Waals surface area contributed by atoms with Crippen LogP contribution < -0.4 is 14.8 Å². The first kappa shape index (κ1) is 23.9. The number of carbonyl (C=O) groups is 2. The SMILES string of the molecule is CN(C)C(=O)c1cc2cc(c1)C(=O)N[C@H]([C@H](O)CCl)Cc1cccc(c1)OCCCCO2. The Balaban J connectivity index is 1.95. The first-order valence-corrected chi connectivity index (χ1v) is 11.2. The quantitative estimate of drug-likeness (QED) is 0.687. The molecule has 172 valence electrons. The van der Waals surface area contributed by atoms with Gasteiger partial charge < -0.3 is 24.8 Å². The average Bonchev–Trinajstić information content (AvgIpc) is 2.79. The molecule has 1 aliphatic heterocycles. The van der Waals surface area contributed by atoms with Gasteiger partial charge in [-0.3, -0.25) is 9.59 Å². The first-order valence-electron chi connectivity index (χ1n) is 10.6. The summed E-state index contributed by atoms with van der Waals surface area (Å²) in [5.41, 5.74) is 1.54. The van der Waals surface area contributed by atoms with Crippen molar-refractivity contribution in [1.82, 2.24) is 10.2 Å². The van der Waals surface area contributed by atoms with Gasteiger partial charge in [-0.05, 0) is 55.2 Å². The van der Waals surface area contributed by atoms with Crippen molar-refractivity contribution in [2.45, 2.75) is 31.4 Å². The standard InChI is InChI=1S/C24H29ClN2O5/c1-27(2)24(30)18-12-17-13-20(14-18)32-9-4-3-8-31-19-7-5-6-16(10-19)11-21(22(28)15-25)26-23(17)29/h5-7,10,12-14,21-22,28H,3-4,8-9,11,15H2,1-2H3,(H,26,29)/t21-,22+/m0/s1. The summed E-state index contributed by atoms with van der Waals surface area (Å²) in [7, 11) is 3.30. The molecule has 1 heterocycles. The third-order valence-electron chi connectivity index (χ3n) is 5.19. The van der Waals surface area contributed by atoms with Crippen LogP contribution in [0.25, 0.3) is 0 Å². The second-order valence-electron chi connectivity index (χ2n) is 8.00. The van der Waals surface area contributed by atoms with E-state index in [1.165, 1.54) is 11.0 Å². The fourth-order valence-electron chi connectivity index (χ4n) is 3.44. The van der Waals surface area contributed by atoms with E-state index in [0.29, 0.717) is 30.9 Å². The second-order valence-corrected chi connectivity index (χ2v) is 8.31. The fraction of sp³-hybridized carbons (Fsp3) is 0.417. The molecule has 0 saturated carbocycles. The predicted molar refractivity (Wildman–Crippen MR) is 123 cm³/mol. The number of halogens is 1. The molecule has 0 radical (unpaired) electrons. The molecule has 3 rings (SSSR count). The molecule has 0 spiro atoms. The van der Waals surface area contributed by atoms with E-state index in [4.69, 9.17) is 21.1 Å². The van der Waals surface area contributed by atoms with Crippen LogP contribution in [0.3, 0.4) is 0 Å². The van der Waals surface area contributed by atoms with Gasteiger partial charge in [0.1, 0.15) is 11.5 Å². The number of benzene rings is 2. The molecular weight excluding hydrogens is 432 g/mol. The number of nitrogens with one attached hydrogen (secondary N) is 1. The Labute approximate surface area is 193 Å². The number of fused-ring (bicyclic) bond motifs is 4. The predicted octanol–water partition coefficient (Wildman–Crippen LogP) is 2.88. The van der Waals surface area contributed by atoms with E-state index < -0.39 is 18.1 Å². The molecule has 2 N–H and O–H groups in total. The molecular formula is C24H29ClN2O5. The monoisotopic (exact) mass is 460 g/mol. The molecule has 1 aliphatic rings. The van der Waals surface area contributed by atoms with Crippen LogP contribution in [0.4, 0.5) is 0 Å². The van der Waals surface area contributed by atoms with E-state index in [-0.39, 0.29) is 17.4 Å². The van der Waals surface area contributed by atoms with Gasteiger partial charge in [-0.15, -0.1) is 11.6 Å². The van der Waals surface area contributed by atoms with Gasteiger partial charge in [0.15, 0.2) is 0 Å². The van der Waals surface area contributed by atoms with Gasteiger partial charge >= 0.3 is 0 Å². The molecule has 8 heteroatoms. The van der Waals surface area contributed by atoms with Gasteiger partial charge in [-0.1, -0.05) is 12.1 Å². The van der Waals surface area contributed by atoms with Crippen LogP contribution in [0.1, 0.15) is 39.1 Å². The molecule has 4 bridgehead atoms. The smallest absolute Gasteiger partial charge is 0.253 e. The highest BCUT2D eigenvalue weighted by Gasteiger charge is 2.23. The third kappa shape index (κ3) is 6.37. The van der Waals surface area contributed by atoms with Gasteiger partial charge in [-0.25, -0.2) is 0 Å². The van der Waals surface area contributed by atoms with Crippen LogP contribution in [-0.2, 0) is 6.42 Å². The maximum Gasteiger partial charge on any atom is 0.253 e. The largest absolute Gasteiger partial charge is 0.494 e. The molecule has 2 atom stereocenters. The average molecular weight is 461 g/mol. The molecule has 2 aromatic rings. The summed E-state index contributed by atoms with van der Waals surface area (Å²) in [5.74, 6) is 0.487. The summed E-state index contributed by atoms with van der Waals surface area (Å²) in [6, 6.07) is 11.7. The van der Waals surface area contributed by atoms with Gasteiger partial charge in [0.05, 0.1) is 31.2 Å². The topological polar surface area (TPSA) is 88.1 Å². The summed E-state index contributed by atoms with van der Waals surface area (Å²) in [6.45, 7) is 0.972. The van der Waals surface area contributed by atoms with Gasteiger partial charge in [0, 0.05) is 25.2 Å². The van der Waals surface area contributed by atoms with Crippen molar-refractivity contribution >= 4 is 23.4 Å². The van der Waals surface area contributed by atoms with Gasteiger partial charge in [-0.2, -0.15) is 0 Å². The summed E-state index contributed by atoms with van der Waals surface area (Å²) in [5, 5.41) is 13.3. The van der Waals surface area contributed by atoms with Crippen LogP contribution in [0.2, 0.25) is 0 Å². The number of rotatable bonds is 3. The number of hydrogen-bond donors (Lipinski definition) is 2. The number of aliphatic hydroxyl groups is 1. The number of amides is 2. The fourth-order valence-corrected chi connectivity index (χ4v) is 3.65. The minimum atomic E-state index is -0.952. The highest BCUT2D eigenvalue weighted by atomic mass is 35.5.